The smallest absolute Gasteiger partial charge is 0.349 e. The van der Waals surface area contributed by atoms with Crippen molar-refractivity contribution in [3.05, 3.63) is 51.2 Å². The van der Waals surface area contributed by atoms with E-state index < -0.39 is 18.5 Å². The van der Waals surface area contributed by atoms with Gasteiger partial charge in [-0.3, -0.25) is 0 Å². The highest BCUT2D eigenvalue weighted by atomic mass is 32.1. The van der Waals surface area contributed by atoms with Crippen LogP contribution in [-0.4, -0.2) is 28.8 Å². The van der Waals surface area contributed by atoms with Crippen molar-refractivity contribution in [1.82, 2.24) is 0 Å². The lowest BCUT2D eigenvalue weighted by Crippen LogP contribution is -2.11. The van der Waals surface area contributed by atoms with Gasteiger partial charge >= 0.3 is 11.9 Å². The zero-order chi connectivity index (χ0) is 16.1. The van der Waals surface area contributed by atoms with Crippen molar-refractivity contribution in [1.29, 1.82) is 0 Å². The van der Waals surface area contributed by atoms with Crippen molar-refractivity contribution < 1.29 is 24.5 Å². The van der Waals surface area contributed by atoms with Crippen molar-refractivity contribution in [2.75, 3.05) is 6.61 Å². The minimum atomic E-state index is -1.15. The Morgan fingerprint density at radius 3 is 2.45 bits per heavy atom. The average molecular weight is 318 g/mol. The molecule has 0 radical (unpaired) electrons. The molecule has 0 saturated heterocycles. The highest BCUT2D eigenvalue weighted by molar-refractivity contribution is 7.15. The van der Waals surface area contributed by atoms with E-state index in [1.807, 2.05) is 36.4 Å². The van der Waals surface area contributed by atoms with E-state index in [4.69, 9.17) is 9.84 Å². The lowest BCUT2D eigenvalue weighted by Gasteiger charge is -2.03. The van der Waals surface area contributed by atoms with Gasteiger partial charge in [-0.2, -0.15) is 0 Å². The average Bonchev–Trinajstić information content (AvgIpc) is 2.80. The first-order valence-corrected chi connectivity index (χ1v) is 7.25. The zero-order valence-corrected chi connectivity index (χ0v) is 12.6. The largest absolute Gasteiger partial charge is 0.480 e. The predicted octanol–water partition coefficient (Wildman–Crippen LogP) is 3.39. The number of carboxylic acids is 2. The molecule has 2 aromatic rings. The van der Waals surface area contributed by atoms with Gasteiger partial charge in [0.25, 0.3) is 0 Å². The Morgan fingerprint density at radius 2 is 1.86 bits per heavy atom. The Labute approximate surface area is 131 Å². The van der Waals surface area contributed by atoms with Gasteiger partial charge in [0.05, 0.1) is 0 Å². The molecule has 1 aromatic carbocycles. The van der Waals surface area contributed by atoms with E-state index in [0.29, 0.717) is 5.56 Å². The molecule has 0 saturated carbocycles. The topological polar surface area (TPSA) is 83.8 Å². The van der Waals surface area contributed by atoms with E-state index in [2.05, 4.69) is 0 Å². The molecule has 0 bridgehead atoms. The van der Waals surface area contributed by atoms with Crippen LogP contribution in [0.2, 0.25) is 0 Å². The summed E-state index contributed by atoms with van der Waals surface area (Å²) in [5, 5.41) is 17.9. The van der Waals surface area contributed by atoms with Crippen LogP contribution < -0.4 is 4.74 Å². The minimum Gasteiger partial charge on any atom is -0.480 e. The molecular weight excluding hydrogens is 304 g/mol. The summed E-state index contributed by atoms with van der Waals surface area (Å²) in [7, 11) is 0. The summed E-state index contributed by atoms with van der Waals surface area (Å²) in [6.45, 7) is 1.14. The van der Waals surface area contributed by atoms with Crippen LogP contribution in [0.1, 0.15) is 25.7 Å². The molecule has 0 spiro atoms. The van der Waals surface area contributed by atoms with Crippen LogP contribution in [0.3, 0.4) is 0 Å². The van der Waals surface area contributed by atoms with Crippen LogP contribution in [0, 0.1) is 6.92 Å². The number of hydrogen-bond donors (Lipinski definition) is 2. The Balaban J connectivity index is 2.32. The number of rotatable bonds is 6. The molecule has 5 nitrogen and oxygen atoms in total. The fourth-order valence-corrected chi connectivity index (χ4v) is 2.85. The van der Waals surface area contributed by atoms with E-state index in [0.717, 1.165) is 21.8 Å². The van der Waals surface area contributed by atoms with E-state index in [1.54, 1.807) is 13.0 Å². The molecule has 0 unspecified atom stereocenters. The third-order valence-electron chi connectivity index (χ3n) is 2.89. The molecule has 1 heterocycles. The molecule has 2 N–H and O–H groups in total. The summed E-state index contributed by atoms with van der Waals surface area (Å²) in [5.41, 5.74) is 1.61. The molecule has 2 rings (SSSR count). The Hall–Kier alpha value is -2.60. The standard InChI is InChI=1S/C16H14O5S/c1-10-12(8-7-11-5-3-2-4-6-11)22-15(16(19)20)14(10)21-9-13(17)18/h2-8H,9H2,1H3,(H,17,18)(H,19,20). The molecule has 22 heavy (non-hydrogen) atoms. The molecule has 0 amide bonds. The summed E-state index contributed by atoms with van der Waals surface area (Å²) >= 11 is 1.06. The Bertz CT molecular complexity index is 716. The number of carboxylic acid groups (broad SMARTS) is 2. The fourth-order valence-electron chi connectivity index (χ4n) is 1.86. The number of carbonyl (C=O) groups is 2. The van der Waals surface area contributed by atoms with Gasteiger partial charge in [-0.05, 0) is 18.6 Å². The molecule has 0 aliphatic rings. The first-order valence-electron chi connectivity index (χ1n) is 6.43. The number of thiophene rings is 1. The number of aliphatic carboxylic acids is 1. The van der Waals surface area contributed by atoms with Crippen LogP contribution in [0.5, 0.6) is 5.75 Å². The van der Waals surface area contributed by atoms with Crippen LogP contribution >= 0.6 is 11.3 Å². The molecule has 0 fully saturated rings. The van der Waals surface area contributed by atoms with Crippen molar-refractivity contribution in [2.45, 2.75) is 6.92 Å². The van der Waals surface area contributed by atoms with Gasteiger partial charge in [0.1, 0.15) is 5.75 Å². The Morgan fingerprint density at radius 1 is 1.18 bits per heavy atom. The van der Waals surface area contributed by atoms with Crippen molar-refractivity contribution in [3.63, 3.8) is 0 Å². The first-order chi connectivity index (χ1) is 10.5. The summed E-state index contributed by atoms with van der Waals surface area (Å²) in [6.07, 6.45) is 3.67. The number of hydrogen-bond acceptors (Lipinski definition) is 4. The fraction of sp³-hybridized carbons (Fsp3) is 0.125. The second kappa shape index (κ2) is 6.91. The monoisotopic (exact) mass is 318 g/mol. The van der Waals surface area contributed by atoms with Crippen molar-refractivity contribution in [2.24, 2.45) is 0 Å². The second-order valence-electron chi connectivity index (χ2n) is 4.48. The van der Waals surface area contributed by atoms with Crippen molar-refractivity contribution >= 4 is 35.4 Å². The summed E-state index contributed by atoms with van der Waals surface area (Å²) in [4.78, 5) is 22.6. The molecule has 114 valence electrons. The van der Waals surface area contributed by atoms with Gasteiger partial charge in [-0.1, -0.05) is 36.4 Å². The van der Waals surface area contributed by atoms with Crippen LogP contribution in [0.25, 0.3) is 12.2 Å². The maximum atomic E-state index is 11.3. The lowest BCUT2D eigenvalue weighted by molar-refractivity contribution is -0.139. The van der Waals surface area contributed by atoms with Crippen LogP contribution in [0.4, 0.5) is 0 Å². The molecular formula is C16H14O5S. The second-order valence-corrected chi connectivity index (χ2v) is 5.53. The zero-order valence-electron chi connectivity index (χ0n) is 11.8. The predicted molar refractivity (Wildman–Crippen MR) is 84.5 cm³/mol. The Kier molecular flexibility index (Phi) is 4.95. The SMILES string of the molecule is Cc1c(C=Cc2ccccc2)sc(C(=O)O)c1OCC(=O)O. The van der Waals surface area contributed by atoms with E-state index in [-0.39, 0.29) is 10.6 Å². The van der Waals surface area contributed by atoms with Crippen LogP contribution in [-0.2, 0) is 4.79 Å². The summed E-state index contributed by atoms with van der Waals surface area (Å²) < 4.78 is 5.12. The highest BCUT2D eigenvalue weighted by Crippen LogP contribution is 2.36. The summed E-state index contributed by atoms with van der Waals surface area (Å²) in [6, 6.07) is 9.59. The van der Waals surface area contributed by atoms with E-state index >= 15 is 0 Å². The third-order valence-corrected chi connectivity index (χ3v) is 4.12. The maximum Gasteiger partial charge on any atom is 0.349 e. The van der Waals surface area contributed by atoms with Gasteiger partial charge < -0.3 is 14.9 Å². The molecule has 6 heteroatoms. The lowest BCUT2D eigenvalue weighted by atomic mass is 10.2. The highest BCUT2D eigenvalue weighted by Gasteiger charge is 2.21. The quantitative estimate of drug-likeness (QED) is 0.853. The molecule has 0 aliphatic heterocycles. The van der Waals surface area contributed by atoms with Gasteiger partial charge in [-0.15, -0.1) is 11.3 Å². The van der Waals surface area contributed by atoms with E-state index in [9.17, 15) is 14.7 Å². The van der Waals surface area contributed by atoms with Crippen LogP contribution in [0.15, 0.2) is 30.3 Å². The number of ether oxygens (including phenoxy) is 1. The number of benzene rings is 1. The third kappa shape index (κ3) is 3.73. The minimum absolute atomic E-state index is 0.00598. The van der Waals surface area contributed by atoms with Gasteiger partial charge in [0.2, 0.25) is 0 Å². The number of aromatic carboxylic acids is 1. The van der Waals surface area contributed by atoms with Gasteiger partial charge in [-0.25, -0.2) is 9.59 Å². The normalized spacial score (nSPS) is 10.8. The molecule has 0 aliphatic carbocycles. The van der Waals surface area contributed by atoms with Crippen molar-refractivity contribution in [3.8, 4) is 5.75 Å². The summed E-state index contributed by atoms with van der Waals surface area (Å²) in [5.74, 6) is -2.16. The maximum absolute atomic E-state index is 11.3. The molecule has 0 atom stereocenters. The van der Waals surface area contributed by atoms with E-state index in [1.165, 1.54) is 0 Å². The van der Waals surface area contributed by atoms with Gasteiger partial charge in [0, 0.05) is 10.4 Å². The van der Waals surface area contributed by atoms with Gasteiger partial charge in [0.15, 0.2) is 11.5 Å². The molecule has 1 aromatic heterocycles. The first kappa shape index (κ1) is 15.8.